The molecule has 0 aliphatic carbocycles. The molecule has 0 amide bonds. The molecular weight excluding hydrogens is 191 g/mol. The summed E-state index contributed by atoms with van der Waals surface area (Å²) in [4.78, 5) is 0. The predicted molar refractivity (Wildman–Crippen MR) is 30.3 cm³/mol. The van der Waals surface area contributed by atoms with E-state index in [9.17, 15) is 0 Å². The van der Waals surface area contributed by atoms with Crippen molar-refractivity contribution < 1.29 is 4.42 Å². The van der Waals surface area contributed by atoms with E-state index in [1.54, 1.807) is 6.07 Å². The second kappa shape index (κ2) is 1.64. The summed E-state index contributed by atoms with van der Waals surface area (Å²) < 4.78 is 5.58. The van der Waals surface area contributed by atoms with E-state index in [4.69, 9.17) is 4.42 Å². The number of furan rings is 1. The van der Waals surface area contributed by atoms with Crippen molar-refractivity contribution in [1.82, 2.24) is 0 Å². The molecule has 1 heterocycles. The van der Waals surface area contributed by atoms with Crippen molar-refractivity contribution >= 4 is 22.6 Å². The van der Waals surface area contributed by atoms with Gasteiger partial charge in [-0.05, 0) is 34.7 Å². The van der Waals surface area contributed by atoms with Crippen LogP contribution in [0.2, 0.25) is 0 Å². The fraction of sp³-hybridized carbons (Fsp3) is 0. The molecule has 1 aromatic heterocycles. The highest BCUT2D eigenvalue weighted by atomic mass is 127. The van der Waals surface area contributed by atoms with E-state index >= 15 is 0 Å². The van der Waals surface area contributed by atoms with Gasteiger partial charge in [0.15, 0.2) is 10.0 Å². The first-order chi connectivity index (χ1) is 2.89. The predicted octanol–water partition coefficient (Wildman–Crippen LogP) is 1.68. The lowest BCUT2D eigenvalue weighted by Gasteiger charge is -1.65. The number of hydrogen-bond acceptors (Lipinski definition) is 1. The fourth-order valence-electron chi connectivity index (χ4n) is 0.224. The first kappa shape index (κ1) is 4.18. The third-order valence-electron chi connectivity index (χ3n) is 0.439. The molecule has 0 unspecified atom stereocenters. The zero-order chi connectivity index (χ0) is 4.41. The Bertz CT molecular complexity index is 111. The van der Waals surface area contributed by atoms with Gasteiger partial charge >= 0.3 is 0 Å². The molecule has 0 aliphatic rings. The van der Waals surface area contributed by atoms with Crippen molar-refractivity contribution in [3.8, 4) is 0 Å². The Labute approximate surface area is 49.5 Å². The molecule has 2 heteroatoms. The van der Waals surface area contributed by atoms with Crippen LogP contribution in [0.25, 0.3) is 0 Å². The lowest BCUT2D eigenvalue weighted by Crippen LogP contribution is -1.44. The Morgan fingerprint density at radius 1 is 1.83 bits per heavy atom. The third-order valence-corrected chi connectivity index (χ3v) is 1.02. The SMILES string of the molecule is Ic1cc[c]o1. The number of rotatable bonds is 0. The maximum atomic E-state index is 4.70. The molecule has 31 valence electrons. The van der Waals surface area contributed by atoms with Gasteiger partial charge in [0, 0.05) is 0 Å². The van der Waals surface area contributed by atoms with Gasteiger partial charge < -0.3 is 4.42 Å². The highest BCUT2D eigenvalue weighted by Crippen LogP contribution is 2.00. The van der Waals surface area contributed by atoms with Crippen molar-refractivity contribution in [2.24, 2.45) is 0 Å². The summed E-state index contributed by atoms with van der Waals surface area (Å²) in [6.07, 6.45) is 2.55. The van der Waals surface area contributed by atoms with Crippen LogP contribution in [0, 0.1) is 10.0 Å². The lowest BCUT2D eigenvalue weighted by atomic mass is 10.7. The fourth-order valence-corrected chi connectivity index (χ4v) is 0.531. The van der Waals surface area contributed by atoms with Crippen molar-refractivity contribution in [3.63, 3.8) is 0 Å². The Kier molecular flexibility index (Phi) is 1.14. The molecule has 0 N–H and O–H groups in total. The molecular formula is C4H2IO. The summed E-state index contributed by atoms with van der Waals surface area (Å²) >= 11 is 2.08. The smallest absolute Gasteiger partial charge is 0.170 e. The topological polar surface area (TPSA) is 13.1 Å². The molecule has 0 saturated carbocycles. The standard InChI is InChI=1S/C4H2IO/c5-4-2-1-3-6-4/h1-2H. The Morgan fingerprint density at radius 3 is 2.83 bits per heavy atom. The largest absolute Gasteiger partial charge is 0.447 e. The zero-order valence-electron chi connectivity index (χ0n) is 2.94. The molecule has 1 radical (unpaired) electrons. The van der Waals surface area contributed by atoms with Gasteiger partial charge in [0.2, 0.25) is 0 Å². The second-order valence-electron chi connectivity index (χ2n) is 0.857. The van der Waals surface area contributed by atoms with Crippen LogP contribution < -0.4 is 0 Å². The lowest BCUT2D eigenvalue weighted by molar-refractivity contribution is 0.529. The highest BCUT2D eigenvalue weighted by Gasteiger charge is 1.79. The van der Waals surface area contributed by atoms with Crippen LogP contribution in [0.1, 0.15) is 0 Å². The summed E-state index contributed by atoms with van der Waals surface area (Å²) in [5.74, 6) is 0. The summed E-state index contributed by atoms with van der Waals surface area (Å²) in [6, 6.07) is 3.59. The molecule has 0 atom stereocenters. The van der Waals surface area contributed by atoms with Crippen molar-refractivity contribution in [1.29, 1.82) is 0 Å². The van der Waals surface area contributed by atoms with Crippen molar-refractivity contribution in [3.05, 3.63) is 22.2 Å². The first-order valence-electron chi connectivity index (χ1n) is 1.51. The molecule has 0 fully saturated rings. The average molecular weight is 193 g/mol. The maximum Gasteiger partial charge on any atom is 0.170 e. The van der Waals surface area contributed by atoms with Crippen molar-refractivity contribution in [2.75, 3.05) is 0 Å². The van der Waals surface area contributed by atoms with E-state index < -0.39 is 0 Å². The molecule has 1 aromatic rings. The molecule has 0 saturated heterocycles. The minimum atomic E-state index is 0.882. The summed E-state index contributed by atoms with van der Waals surface area (Å²) in [7, 11) is 0. The van der Waals surface area contributed by atoms with E-state index in [1.807, 2.05) is 6.07 Å². The third kappa shape index (κ3) is 0.739. The Morgan fingerprint density at radius 2 is 2.67 bits per heavy atom. The van der Waals surface area contributed by atoms with E-state index in [0.717, 1.165) is 3.77 Å². The molecule has 1 nitrogen and oxygen atoms in total. The van der Waals surface area contributed by atoms with Crippen LogP contribution in [0.3, 0.4) is 0 Å². The monoisotopic (exact) mass is 193 g/mol. The number of hydrogen-bond donors (Lipinski definition) is 0. The van der Waals surface area contributed by atoms with Gasteiger partial charge in [0.1, 0.15) is 0 Å². The minimum absolute atomic E-state index is 0.882. The van der Waals surface area contributed by atoms with Gasteiger partial charge in [-0.3, -0.25) is 0 Å². The van der Waals surface area contributed by atoms with Crippen LogP contribution in [0.5, 0.6) is 0 Å². The summed E-state index contributed by atoms with van der Waals surface area (Å²) in [6.45, 7) is 0. The Balaban J connectivity index is 3.05. The van der Waals surface area contributed by atoms with E-state index in [2.05, 4.69) is 28.9 Å². The normalized spacial score (nSPS) is 8.83. The van der Waals surface area contributed by atoms with Gasteiger partial charge in [0.05, 0.1) is 0 Å². The van der Waals surface area contributed by atoms with Gasteiger partial charge in [-0.2, -0.15) is 0 Å². The molecule has 0 aromatic carbocycles. The van der Waals surface area contributed by atoms with E-state index in [-0.39, 0.29) is 0 Å². The van der Waals surface area contributed by atoms with Crippen LogP contribution in [-0.2, 0) is 0 Å². The summed E-state index contributed by atoms with van der Waals surface area (Å²) in [5.41, 5.74) is 0. The Hall–Kier alpha value is 0.01000. The first-order valence-corrected chi connectivity index (χ1v) is 2.59. The average Bonchev–Trinajstić information content (AvgIpc) is 1.86. The quantitative estimate of drug-likeness (QED) is 0.571. The van der Waals surface area contributed by atoms with Gasteiger partial charge in [-0.1, -0.05) is 0 Å². The van der Waals surface area contributed by atoms with Gasteiger partial charge in [0.25, 0.3) is 0 Å². The van der Waals surface area contributed by atoms with E-state index in [1.165, 1.54) is 0 Å². The zero-order valence-corrected chi connectivity index (χ0v) is 5.10. The molecule has 0 spiro atoms. The van der Waals surface area contributed by atoms with Gasteiger partial charge in [-0.15, -0.1) is 0 Å². The van der Waals surface area contributed by atoms with Crippen LogP contribution in [-0.4, -0.2) is 0 Å². The molecule has 0 bridgehead atoms. The van der Waals surface area contributed by atoms with Gasteiger partial charge in [-0.25, -0.2) is 0 Å². The number of halogens is 1. The second-order valence-corrected chi connectivity index (χ2v) is 1.92. The van der Waals surface area contributed by atoms with Crippen LogP contribution in [0.15, 0.2) is 16.5 Å². The molecule has 0 aliphatic heterocycles. The highest BCUT2D eigenvalue weighted by molar-refractivity contribution is 14.1. The van der Waals surface area contributed by atoms with E-state index in [0.29, 0.717) is 0 Å². The minimum Gasteiger partial charge on any atom is -0.447 e. The molecule has 1 rings (SSSR count). The van der Waals surface area contributed by atoms with Crippen LogP contribution >= 0.6 is 22.6 Å². The van der Waals surface area contributed by atoms with Crippen molar-refractivity contribution in [2.45, 2.75) is 0 Å². The maximum absolute atomic E-state index is 4.70. The summed E-state index contributed by atoms with van der Waals surface area (Å²) in [5, 5.41) is 0. The van der Waals surface area contributed by atoms with Crippen LogP contribution in [0.4, 0.5) is 0 Å². The molecule has 6 heavy (non-hydrogen) atoms.